The van der Waals surface area contributed by atoms with Crippen LogP contribution >= 0.6 is 11.6 Å². The molecule has 1 amide bonds. The topological polar surface area (TPSA) is 114 Å². The summed E-state index contributed by atoms with van der Waals surface area (Å²) in [5.74, 6) is -0.0638. The largest absolute Gasteiger partial charge is 0.493 e. The molecular weight excluding hydrogens is 506 g/mol. The van der Waals surface area contributed by atoms with Crippen LogP contribution in [0.1, 0.15) is 16.7 Å². The minimum Gasteiger partial charge on any atom is -0.493 e. The van der Waals surface area contributed by atoms with E-state index in [1.807, 2.05) is 43.3 Å². The van der Waals surface area contributed by atoms with Crippen LogP contribution in [-0.4, -0.2) is 17.9 Å². The standard InChI is InChI=1S/C29H22ClN3O5/c1-18-10-11-20-6-3-4-9-24(20)25(18)17-38-28-26(30)13-19(14-27(28)37-2)12-21(16-31)29(34)32-22-7-5-8-23(15-22)33(35)36/h3-15H,17H2,1-2H3,(H,32,34)/b21-12+. The van der Waals surface area contributed by atoms with Crippen molar-refractivity contribution in [1.82, 2.24) is 0 Å². The van der Waals surface area contributed by atoms with E-state index in [0.717, 1.165) is 21.9 Å². The van der Waals surface area contributed by atoms with Crippen molar-refractivity contribution >= 4 is 45.7 Å². The number of methoxy groups -OCH3 is 1. The highest BCUT2D eigenvalue weighted by molar-refractivity contribution is 6.32. The van der Waals surface area contributed by atoms with Gasteiger partial charge in [-0.05, 0) is 53.1 Å². The SMILES string of the molecule is COc1cc(/C=C(\C#N)C(=O)Nc2cccc([N+](=O)[O-])c2)cc(Cl)c1OCc1c(C)ccc2ccccc12. The second-order valence-electron chi connectivity index (χ2n) is 8.34. The minimum absolute atomic E-state index is 0.184. The summed E-state index contributed by atoms with van der Waals surface area (Å²) < 4.78 is 11.6. The first-order valence-electron chi connectivity index (χ1n) is 11.5. The van der Waals surface area contributed by atoms with Crippen molar-refractivity contribution in [2.45, 2.75) is 13.5 Å². The summed E-state index contributed by atoms with van der Waals surface area (Å²) in [7, 11) is 1.47. The Morgan fingerprint density at radius 1 is 1.13 bits per heavy atom. The van der Waals surface area contributed by atoms with E-state index in [9.17, 15) is 20.2 Å². The molecule has 38 heavy (non-hydrogen) atoms. The molecule has 0 saturated heterocycles. The molecule has 0 unspecified atom stereocenters. The first kappa shape index (κ1) is 26.2. The number of nitrogens with one attached hydrogen (secondary N) is 1. The molecule has 4 aromatic rings. The summed E-state index contributed by atoms with van der Waals surface area (Å²) >= 11 is 6.54. The number of aryl methyl sites for hydroxylation is 1. The maximum atomic E-state index is 12.7. The van der Waals surface area contributed by atoms with Crippen LogP contribution in [0.25, 0.3) is 16.8 Å². The Bertz CT molecular complexity index is 1620. The highest BCUT2D eigenvalue weighted by Crippen LogP contribution is 2.38. The summed E-state index contributed by atoms with van der Waals surface area (Å²) in [4.78, 5) is 23.1. The zero-order chi connectivity index (χ0) is 27.2. The minimum atomic E-state index is -0.727. The van der Waals surface area contributed by atoms with Crippen molar-refractivity contribution in [2.24, 2.45) is 0 Å². The molecule has 0 aliphatic heterocycles. The van der Waals surface area contributed by atoms with Crippen molar-refractivity contribution in [3.05, 3.63) is 110 Å². The quantitative estimate of drug-likeness (QED) is 0.116. The van der Waals surface area contributed by atoms with Gasteiger partial charge in [-0.15, -0.1) is 0 Å². The third-order valence-corrected chi connectivity index (χ3v) is 6.16. The molecule has 0 fully saturated rings. The van der Waals surface area contributed by atoms with Gasteiger partial charge in [-0.1, -0.05) is 54.1 Å². The van der Waals surface area contributed by atoms with Crippen molar-refractivity contribution in [2.75, 3.05) is 12.4 Å². The lowest BCUT2D eigenvalue weighted by Gasteiger charge is -2.16. The molecule has 4 aromatic carbocycles. The fourth-order valence-electron chi connectivity index (χ4n) is 3.95. The van der Waals surface area contributed by atoms with Crippen LogP contribution in [0.5, 0.6) is 11.5 Å². The Morgan fingerprint density at radius 3 is 2.66 bits per heavy atom. The number of nitriles is 1. The van der Waals surface area contributed by atoms with E-state index < -0.39 is 10.8 Å². The Morgan fingerprint density at radius 2 is 1.92 bits per heavy atom. The number of rotatable bonds is 8. The van der Waals surface area contributed by atoms with E-state index in [1.165, 1.54) is 37.5 Å². The molecular formula is C29H22ClN3O5. The van der Waals surface area contributed by atoms with Gasteiger partial charge in [-0.25, -0.2) is 0 Å². The zero-order valence-corrected chi connectivity index (χ0v) is 21.3. The predicted molar refractivity (Wildman–Crippen MR) is 146 cm³/mol. The summed E-state index contributed by atoms with van der Waals surface area (Å²) in [6.45, 7) is 2.27. The van der Waals surface area contributed by atoms with Crippen LogP contribution in [0, 0.1) is 28.4 Å². The Labute approximate surface area is 223 Å². The van der Waals surface area contributed by atoms with E-state index in [0.29, 0.717) is 17.1 Å². The number of hydrogen-bond acceptors (Lipinski definition) is 6. The van der Waals surface area contributed by atoms with Crippen LogP contribution in [0.2, 0.25) is 5.02 Å². The third-order valence-electron chi connectivity index (χ3n) is 5.88. The number of fused-ring (bicyclic) bond motifs is 1. The number of halogens is 1. The lowest BCUT2D eigenvalue weighted by atomic mass is 10.0. The Hall–Kier alpha value is -4.87. The van der Waals surface area contributed by atoms with E-state index in [4.69, 9.17) is 21.1 Å². The Kier molecular flexibility index (Phi) is 7.90. The fraction of sp³-hybridized carbons (Fsp3) is 0.103. The highest BCUT2D eigenvalue weighted by atomic mass is 35.5. The van der Waals surface area contributed by atoms with E-state index in [1.54, 1.807) is 12.1 Å². The van der Waals surface area contributed by atoms with Gasteiger partial charge in [0.1, 0.15) is 18.2 Å². The van der Waals surface area contributed by atoms with E-state index in [-0.39, 0.29) is 28.6 Å². The molecule has 0 spiro atoms. The van der Waals surface area contributed by atoms with Crippen molar-refractivity contribution in [1.29, 1.82) is 5.26 Å². The number of nitro benzene ring substituents is 1. The van der Waals surface area contributed by atoms with Gasteiger partial charge >= 0.3 is 0 Å². The first-order chi connectivity index (χ1) is 18.3. The smallest absolute Gasteiger partial charge is 0.271 e. The number of amides is 1. The molecule has 0 aromatic heterocycles. The number of carbonyl (C=O) groups excluding carboxylic acids is 1. The molecule has 9 heteroatoms. The molecule has 0 heterocycles. The average Bonchev–Trinajstić information content (AvgIpc) is 2.91. The molecule has 0 saturated carbocycles. The molecule has 8 nitrogen and oxygen atoms in total. The Balaban J connectivity index is 1.58. The third kappa shape index (κ3) is 5.75. The maximum Gasteiger partial charge on any atom is 0.271 e. The van der Waals surface area contributed by atoms with Gasteiger partial charge in [0.15, 0.2) is 11.5 Å². The summed E-state index contributed by atoms with van der Waals surface area (Å²) in [5, 5.41) is 25.5. The van der Waals surface area contributed by atoms with Gasteiger partial charge in [-0.2, -0.15) is 5.26 Å². The molecule has 190 valence electrons. The zero-order valence-electron chi connectivity index (χ0n) is 20.5. The van der Waals surface area contributed by atoms with Crippen LogP contribution in [-0.2, 0) is 11.4 Å². The van der Waals surface area contributed by atoms with E-state index in [2.05, 4.69) is 11.4 Å². The number of ether oxygens (including phenoxy) is 2. The van der Waals surface area contributed by atoms with Gasteiger partial charge < -0.3 is 14.8 Å². The summed E-state index contributed by atoms with van der Waals surface area (Å²) in [6.07, 6.45) is 1.35. The number of nitro groups is 1. The lowest BCUT2D eigenvalue weighted by Crippen LogP contribution is -2.13. The monoisotopic (exact) mass is 527 g/mol. The van der Waals surface area contributed by atoms with Crippen molar-refractivity contribution in [3.63, 3.8) is 0 Å². The van der Waals surface area contributed by atoms with Crippen molar-refractivity contribution in [3.8, 4) is 17.6 Å². The molecule has 0 radical (unpaired) electrons. The number of hydrogen-bond donors (Lipinski definition) is 1. The number of non-ortho nitro benzene ring substituents is 1. The number of benzene rings is 4. The van der Waals surface area contributed by atoms with E-state index >= 15 is 0 Å². The fourth-order valence-corrected chi connectivity index (χ4v) is 4.23. The molecule has 4 rings (SSSR count). The first-order valence-corrected chi connectivity index (χ1v) is 11.8. The average molecular weight is 528 g/mol. The van der Waals surface area contributed by atoms with Gasteiger partial charge in [-0.3, -0.25) is 14.9 Å². The molecule has 0 aliphatic rings. The summed E-state index contributed by atoms with van der Waals surface area (Å²) in [6, 6.07) is 22.6. The lowest BCUT2D eigenvalue weighted by molar-refractivity contribution is -0.384. The molecule has 0 atom stereocenters. The predicted octanol–water partition coefficient (Wildman–Crippen LogP) is 6.84. The van der Waals surface area contributed by atoms with Gasteiger partial charge in [0, 0.05) is 23.4 Å². The maximum absolute atomic E-state index is 12.7. The number of nitrogens with zero attached hydrogens (tertiary/aromatic N) is 2. The number of carbonyl (C=O) groups is 1. The van der Waals surface area contributed by atoms with Crippen LogP contribution in [0.3, 0.4) is 0 Å². The number of anilines is 1. The van der Waals surface area contributed by atoms with Crippen LogP contribution in [0.15, 0.2) is 78.4 Å². The van der Waals surface area contributed by atoms with Crippen LogP contribution < -0.4 is 14.8 Å². The van der Waals surface area contributed by atoms with Gasteiger partial charge in [0.05, 0.1) is 17.1 Å². The molecule has 1 N–H and O–H groups in total. The highest BCUT2D eigenvalue weighted by Gasteiger charge is 2.16. The van der Waals surface area contributed by atoms with Gasteiger partial charge in [0.25, 0.3) is 11.6 Å². The second-order valence-corrected chi connectivity index (χ2v) is 8.74. The van der Waals surface area contributed by atoms with Crippen LogP contribution in [0.4, 0.5) is 11.4 Å². The summed E-state index contributed by atoms with van der Waals surface area (Å²) in [5.41, 5.74) is 2.31. The van der Waals surface area contributed by atoms with Crippen molar-refractivity contribution < 1.29 is 19.2 Å². The second kappa shape index (κ2) is 11.5. The molecule has 0 bridgehead atoms. The molecule has 0 aliphatic carbocycles. The normalized spacial score (nSPS) is 11.1. The van der Waals surface area contributed by atoms with Gasteiger partial charge in [0.2, 0.25) is 0 Å².